The van der Waals surface area contributed by atoms with Crippen LogP contribution >= 0.6 is 0 Å². The van der Waals surface area contributed by atoms with Gasteiger partial charge in [0.2, 0.25) is 5.91 Å². The molecule has 1 amide bonds. The van der Waals surface area contributed by atoms with E-state index in [9.17, 15) is 9.18 Å². The van der Waals surface area contributed by atoms with Crippen LogP contribution in [0, 0.1) is 5.82 Å². The van der Waals surface area contributed by atoms with Crippen LogP contribution in [-0.4, -0.2) is 18.6 Å². The third-order valence-electron chi connectivity index (χ3n) is 3.70. The fourth-order valence-corrected chi connectivity index (χ4v) is 2.36. The predicted octanol–water partition coefficient (Wildman–Crippen LogP) is 3.19. The molecule has 2 aromatic rings. The summed E-state index contributed by atoms with van der Waals surface area (Å²) in [5, 5.41) is 2.90. The van der Waals surface area contributed by atoms with E-state index in [1.807, 2.05) is 37.3 Å². The van der Waals surface area contributed by atoms with Crippen LogP contribution in [0.3, 0.4) is 0 Å². The maximum absolute atomic E-state index is 13.7. The standard InChI is InChI=1S/C19H23FN2O2/c1-2-8-16(21)19(23)22-17(14-9-4-3-5-10-14)13-24-18-12-7-6-11-15(18)20/h3-7,9-12,16-17H,2,8,13,21H2,1H3,(H,22,23). The van der Waals surface area contributed by atoms with Crippen molar-refractivity contribution in [3.63, 3.8) is 0 Å². The zero-order chi connectivity index (χ0) is 17.4. The van der Waals surface area contributed by atoms with Gasteiger partial charge in [0.15, 0.2) is 11.6 Å². The predicted molar refractivity (Wildman–Crippen MR) is 92.1 cm³/mol. The summed E-state index contributed by atoms with van der Waals surface area (Å²) >= 11 is 0. The van der Waals surface area contributed by atoms with E-state index in [-0.39, 0.29) is 18.3 Å². The Hall–Kier alpha value is -2.40. The molecule has 0 saturated carbocycles. The molecule has 0 aromatic heterocycles. The van der Waals surface area contributed by atoms with Gasteiger partial charge in [-0.25, -0.2) is 4.39 Å². The lowest BCUT2D eigenvalue weighted by molar-refractivity contribution is -0.123. The average molecular weight is 330 g/mol. The van der Waals surface area contributed by atoms with E-state index in [1.54, 1.807) is 18.2 Å². The second kappa shape index (κ2) is 9.03. The fraction of sp³-hybridized carbons (Fsp3) is 0.316. The minimum Gasteiger partial charge on any atom is -0.488 e. The molecule has 0 saturated heterocycles. The van der Waals surface area contributed by atoms with Crippen molar-refractivity contribution in [2.24, 2.45) is 5.73 Å². The Morgan fingerprint density at radius 1 is 1.17 bits per heavy atom. The fourth-order valence-electron chi connectivity index (χ4n) is 2.36. The van der Waals surface area contributed by atoms with Crippen LogP contribution in [0.5, 0.6) is 5.75 Å². The van der Waals surface area contributed by atoms with Crippen LogP contribution in [0.1, 0.15) is 31.4 Å². The maximum Gasteiger partial charge on any atom is 0.237 e. The zero-order valence-electron chi connectivity index (χ0n) is 13.7. The third-order valence-corrected chi connectivity index (χ3v) is 3.70. The topological polar surface area (TPSA) is 64.4 Å². The quantitative estimate of drug-likeness (QED) is 0.781. The molecule has 0 aliphatic heterocycles. The summed E-state index contributed by atoms with van der Waals surface area (Å²) in [4.78, 5) is 12.2. The molecular formula is C19H23FN2O2. The first-order valence-electron chi connectivity index (χ1n) is 8.10. The number of rotatable bonds is 8. The van der Waals surface area contributed by atoms with Gasteiger partial charge in [-0.3, -0.25) is 4.79 Å². The summed E-state index contributed by atoms with van der Waals surface area (Å²) in [5.74, 6) is -0.508. The third kappa shape index (κ3) is 5.06. The number of amides is 1. The van der Waals surface area contributed by atoms with Gasteiger partial charge < -0.3 is 15.8 Å². The summed E-state index contributed by atoms with van der Waals surface area (Å²) in [6.45, 7) is 2.10. The lowest BCUT2D eigenvalue weighted by atomic mass is 10.1. The van der Waals surface area contributed by atoms with Crippen molar-refractivity contribution in [1.82, 2.24) is 5.32 Å². The van der Waals surface area contributed by atoms with Crippen LogP contribution < -0.4 is 15.8 Å². The van der Waals surface area contributed by atoms with Gasteiger partial charge in [0, 0.05) is 0 Å². The highest BCUT2D eigenvalue weighted by molar-refractivity contribution is 5.81. The smallest absolute Gasteiger partial charge is 0.237 e. The molecule has 5 heteroatoms. The molecule has 0 spiro atoms. The van der Waals surface area contributed by atoms with Gasteiger partial charge in [0.05, 0.1) is 12.1 Å². The van der Waals surface area contributed by atoms with Crippen molar-refractivity contribution < 1.29 is 13.9 Å². The van der Waals surface area contributed by atoms with E-state index >= 15 is 0 Å². The van der Waals surface area contributed by atoms with Crippen molar-refractivity contribution in [1.29, 1.82) is 0 Å². The van der Waals surface area contributed by atoms with Gasteiger partial charge in [0.1, 0.15) is 6.61 Å². The summed E-state index contributed by atoms with van der Waals surface area (Å²) in [5.41, 5.74) is 6.75. The molecule has 24 heavy (non-hydrogen) atoms. The number of hydrogen-bond donors (Lipinski definition) is 2. The maximum atomic E-state index is 13.7. The van der Waals surface area contributed by atoms with Gasteiger partial charge in [-0.15, -0.1) is 0 Å². The van der Waals surface area contributed by atoms with Crippen molar-refractivity contribution in [2.45, 2.75) is 31.8 Å². The Kier molecular flexibility index (Phi) is 6.75. The van der Waals surface area contributed by atoms with Gasteiger partial charge in [-0.2, -0.15) is 0 Å². The van der Waals surface area contributed by atoms with Crippen molar-refractivity contribution in [3.05, 3.63) is 66.0 Å². The molecule has 0 heterocycles. The van der Waals surface area contributed by atoms with Gasteiger partial charge in [-0.1, -0.05) is 55.8 Å². The Bertz CT molecular complexity index is 649. The number of benzene rings is 2. The number of halogens is 1. The highest BCUT2D eigenvalue weighted by Gasteiger charge is 2.20. The minimum atomic E-state index is -0.560. The Morgan fingerprint density at radius 2 is 1.83 bits per heavy atom. The van der Waals surface area contributed by atoms with Crippen LogP contribution in [0.4, 0.5) is 4.39 Å². The summed E-state index contributed by atoms with van der Waals surface area (Å²) in [6, 6.07) is 14.7. The highest BCUT2D eigenvalue weighted by Crippen LogP contribution is 2.19. The molecular weight excluding hydrogens is 307 g/mol. The van der Waals surface area contributed by atoms with Gasteiger partial charge in [0.25, 0.3) is 0 Å². The van der Waals surface area contributed by atoms with Crippen molar-refractivity contribution in [2.75, 3.05) is 6.61 Å². The Labute approximate surface area is 141 Å². The largest absolute Gasteiger partial charge is 0.488 e. The molecule has 2 unspecified atom stereocenters. The summed E-state index contributed by atoms with van der Waals surface area (Å²) in [6.07, 6.45) is 1.44. The van der Waals surface area contributed by atoms with Crippen LogP contribution in [0.15, 0.2) is 54.6 Å². The normalized spacial score (nSPS) is 13.1. The lowest BCUT2D eigenvalue weighted by Crippen LogP contribution is -2.43. The Balaban J connectivity index is 2.09. The monoisotopic (exact) mass is 330 g/mol. The number of nitrogens with two attached hydrogens (primary N) is 1. The van der Waals surface area contributed by atoms with E-state index in [2.05, 4.69) is 5.32 Å². The van der Waals surface area contributed by atoms with E-state index in [0.717, 1.165) is 12.0 Å². The van der Waals surface area contributed by atoms with E-state index < -0.39 is 17.9 Å². The summed E-state index contributed by atoms with van der Waals surface area (Å²) in [7, 11) is 0. The molecule has 2 aromatic carbocycles. The first-order valence-corrected chi connectivity index (χ1v) is 8.10. The second-order valence-corrected chi connectivity index (χ2v) is 5.61. The number of carbonyl (C=O) groups excluding carboxylic acids is 1. The molecule has 3 N–H and O–H groups in total. The Morgan fingerprint density at radius 3 is 2.50 bits per heavy atom. The lowest BCUT2D eigenvalue weighted by Gasteiger charge is -2.22. The van der Waals surface area contributed by atoms with Crippen LogP contribution in [0.25, 0.3) is 0 Å². The second-order valence-electron chi connectivity index (χ2n) is 5.61. The van der Waals surface area contributed by atoms with Crippen molar-refractivity contribution >= 4 is 5.91 Å². The number of ether oxygens (including phenoxy) is 1. The molecule has 0 fully saturated rings. The van der Waals surface area contributed by atoms with Gasteiger partial charge >= 0.3 is 0 Å². The van der Waals surface area contributed by atoms with Crippen LogP contribution in [-0.2, 0) is 4.79 Å². The molecule has 4 nitrogen and oxygen atoms in total. The van der Waals surface area contributed by atoms with Crippen molar-refractivity contribution in [3.8, 4) is 5.75 Å². The highest BCUT2D eigenvalue weighted by atomic mass is 19.1. The molecule has 2 rings (SSSR count). The van der Waals surface area contributed by atoms with E-state index in [0.29, 0.717) is 6.42 Å². The zero-order valence-corrected chi connectivity index (χ0v) is 13.7. The molecule has 128 valence electrons. The van der Waals surface area contributed by atoms with Crippen LogP contribution in [0.2, 0.25) is 0 Å². The SMILES string of the molecule is CCCC(N)C(=O)NC(COc1ccccc1F)c1ccccc1. The first-order chi connectivity index (χ1) is 11.6. The summed E-state index contributed by atoms with van der Waals surface area (Å²) < 4.78 is 19.3. The minimum absolute atomic E-state index is 0.121. The number of nitrogens with one attached hydrogen (secondary N) is 1. The molecule has 0 aliphatic rings. The molecule has 0 aliphatic carbocycles. The first kappa shape index (κ1) is 17.9. The molecule has 0 radical (unpaired) electrons. The number of carbonyl (C=O) groups is 1. The number of para-hydroxylation sites is 1. The molecule has 0 bridgehead atoms. The van der Waals surface area contributed by atoms with E-state index in [4.69, 9.17) is 10.5 Å². The number of hydrogen-bond acceptors (Lipinski definition) is 3. The van der Waals surface area contributed by atoms with E-state index in [1.165, 1.54) is 6.07 Å². The van der Waals surface area contributed by atoms with Gasteiger partial charge in [-0.05, 0) is 24.1 Å². The average Bonchev–Trinajstić information content (AvgIpc) is 2.60. The molecule has 2 atom stereocenters.